The molecule has 0 spiro atoms. The largest absolute Gasteiger partial charge is 0.396 e. The van der Waals surface area contributed by atoms with Crippen LogP contribution in [0.25, 0.3) is 0 Å². The highest BCUT2D eigenvalue weighted by Gasteiger charge is 2.45. The van der Waals surface area contributed by atoms with Crippen LogP contribution in [0.4, 0.5) is 10.5 Å². The van der Waals surface area contributed by atoms with Gasteiger partial charge in [-0.3, -0.25) is 4.68 Å². The number of carbonyl (C=O) groups is 1. The summed E-state index contributed by atoms with van der Waals surface area (Å²) in [5.41, 5.74) is 1.24. The average molecular weight is 349 g/mol. The maximum Gasteiger partial charge on any atom is 0.319 e. The quantitative estimate of drug-likeness (QED) is 0.776. The fourth-order valence-corrected chi connectivity index (χ4v) is 3.31. The van der Waals surface area contributed by atoms with Crippen LogP contribution in [0.3, 0.4) is 0 Å². The zero-order valence-electron chi connectivity index (χ0n) is 13.5. The first-order valence-corrected chi connectivity index (χ1v) is 8.33. The lowest BCUT2D eigenvalue weighted by atomic mass is 9.63. The summed E-state index contributed by atoms with van der Waals surface area (Å²) < 4.78 is 1.70. The highest BCUT2D eigenvalue weighted by Crippen LogP contribution is 2.49. The second kappa shape index (κ2) is 6.83. The highest BCUT2D eigenvalue weighted by atomic mass is 35.5. The van der Waals surface area contributed by atoms with Crippen LogP contribution < -0.4 is 10.6 Å². The molecule has 1 aromatic heterocycles. The topological polar surface area (TPSA) is 79.2 Å². The van der Waals surface area contributed by atoms with Crippen molar-refractivity contribution >= 4 is 23.3 Å². The van der Waals surface area contributed by atoms with Crippen LogP contribution in [-0.2, 0) is 7.05 Å². The molecule has 24 heavy (non-hydrogen) atoms. The fraction of sp³-hybridized carbons (Fsp3) is 0.412. The Bertz CT molecular complexity index is 704. The maximum atomic E-state index is 12.4. The lowest BCUT2D eigenvalue weighted by Gasteiger charge is -2.46. The number of aromatic nitrogens is 2. The summed E-state index contributed by atoms with van der Waals surface area (Å²) in [4.78, 5) is 12.4. The molecule has 0 aliphatic heterocycles. The summed E-state index contributed by atoms with van der Waals surface area (Å²) >= 11 is 5.85. The second-order valence-electron chi connectivity index (χ2n) is 6.36. The summed E-state index contributed by atoms with van der Waals surface area (Å²) in [5.74, 6) is 0. The van der Waals surface area contributed by atoms with Gasteiger partial charge in [0.15, 0.2) is 0 Å². The van der Waals surface area contributed by atoms with Gasteiger partial charge in [-0.05, 0) is 37.1 Å². The van der Waals surface area contributed by atoms with Crippen molar-refractivity contribution in [3.8, 4) is 0 Å². The van der Waals surface area contributed by atoms with Crippen LogP contribution in [-0.4, -0.2) is 27.5 Å². The summed E-state index contributed by atoms with van der Waals surface area (Å²) in [6.07, 6.45) is 6.43. The predicted octanol–water partition coefficient (Wildman–Crippen LogP) is 3.10. The predicted molar refractivity (Wildman–Crippen MR) is 92.9 cm³/mol. The number of amides is 2. The molecule has 1 atom stereocenters. The zero-order valence-corrected chi connectivity index (χ0v) is 14.3. The van der Waals surface area contributed by atoms with Gasteiger partial charge in [0.2, 0.25) is 0 Å². The van der Waals surface area contributed by atoms with Crippen molar-refractivity contribution in [1.82, 2.24) is 15.1 Å². The fourth-order valence-electron chi connectivity index (χ4n) is 3.18. The van der Waals surface area contributed by atoms with E-state index in [9.17, 15) is 9.90 Å². The van der Waals surface area contributed by atoms with Gasteiger partial charge < -0.3 is 15.7 Å². The Morgan fingerprint density at radius 3 is 2.62 bits per heavy atom. The number of nitrogens with one attached hydrogen (secondary N) is 2. The molecule has 2 aromatic rings. The molecule has 1 aliphatic rings. The molecule has 1 heterocycles. The number of carbonyl (C=O) groups excluding carboxylic acids is 1. The molecule has 1 unspecified atom stereocenters. The van der Waals surface area contributed by atoms with E-state index in [0.717, 1.165) is 24.8 Å². The van der Waals surface area contributed by atoms with Gasteiger partial charge in [-0.2, -0.15) is 5.10 Å². The highest BCUT2D eigenvalue weighted by molar-refractivity contribution is 6.30. The van der Waals surface area contributed by atoms with Gasteiger partial charge in [-0.25, -0.2) is 4.79 Å². The number of hydrogen-bond acceptors (Lipinski definition) is 3. The van der Waals surface area contributed by atoms with E-state index in [1.807, 2.05) is 13.2 Å². The lowest BCUT2D eigenvalue weighted by Crippen LogP contribution is -2.48. The average Bonchev–Trinajstić information content (AvgIpc) is 2.94. The summed E-state index contributed by atoms with van der Waals surface area (Å²) in [7, 11) is 1.83. The Balaban J connectivity index is 1.76. The molecular weight excluding hydrogens is 328 g/mol. The molecule has 6 nitrogen and oxygen atoms in total. The smallest absolute Gasteiger partial charge is 0.319 e. The number of aryl methyl sites for hydroxylation is 1. The van der Waals surface area contributed by atoms with Crippen molar-refractivity contribution in [2.75, 3.05) is 11.9 Å². The van der Waals surface area contributed by atoms with Crippen LogP contribution in [0.15, 0.2) is 36.7 Å². The maximum absolute atomic E-state index is 12.4. The minimum absolute atomic E-state index is 0.0355. The van der Waals surface area contributed by atoms with Gasteiger partial charge in [-0.1, -0.05) is 18.0 Å². The molecule has 1 saturated carbocycles. The van der Waals surface area contributed by atoms with Crippen molar-refractivity contribution in [2.45, 2.75) is 25.3 Å². The zero-order chi connectivity index (χ0) is 17.2. The third-order valence-corrected chi connectivity index (χ3v) is 4.96. The number of aliphatic hydroxyl groups is 1. The molecule has 2 amide bonds. The Morgan fingerprint density at radius 2 is 2.12 bits per heavy atom. The van der Waals surface area contributed by atoms with E-state index in [4.69, 9.17) is 11.6 Å². The van der Waals surface area contributed by atoms with E-state index < -0.39 is 0 Å². The number of halogens is 1. The van der Waals surface area contributed by atoms with Crippen LogP contribution in [0.2, 0.25) is 5.02 Å². The molecule has 3 N–H and O–H groups in total. The number of anilines is 1. The van der Waals surface area contributed by atoms with E-state index in [0.29, 0.717) is 10.7 Å². The van der Waals surface area contributed by atoms with Gasteiger partial charge in [0, 0.05) is 34.9 Å². The number of nitrogens with zero attached hydrogens (tertiary/aromatic N) is 2. The molecule has 3 rings (SSSR count). The van der Waals surface area contributed by atoms with Crippen molar-refractivity contribution < 1.29 is 9.90 Å². The van der Waals surface area contributed by atoms with Crippen molar-refractivity contribution in [2.24, 2.45) is 12.5 Å². The van der Waals surface area contributed by atoms with Crippen molar-refractivity contribution in [3.05, 3.63) is 47.2 Å². The third kappa shape index (κ3) is 3.39. The van der Waals surface area contributed by atoms with E-state index in [1.165, 1.54) is 0 Å². The molecular formula is C17H21ClN4O2. The lowest BCUT2D eigenvalue weighted by molar-refractivity contribution is 0.00967. The Morgan fingerprint density at radius 1 is 1.42 bits per heavy atom. The van der Waals surface area contributed by atoms with Crippen LogP contribution in [0.1, 0.15) is 30.9 Å². The Hall–Kier alpha value is -2.05. The first kappa shape index (κ1) is 16.8. The van der Waals surface area contributed by atoms with Gasteiger partial charge in [-0.15, -0.1) is 0 Å². The van der Waals surface area contributed by atoms with E-state index in [-0.39, 0.29) is 24.1 Å². The number of rotatable bonds is 5. The minimum atomic E-state index is -0.319. The van der Waals surface area contributed by atoms with Gasteiger partial charge >= 0.3 is 6.03 Å². The van der Waals surface area contributed by atoms with Crippen LogP contribution >= 0.6 is 11.6 Å². The van der Waals surface area contributed by atoms with Crippen LogP contribution in [0.5, 0.6) is 0 Å². The van der Waals surface area contributed by atoms with Gasteiger partial charge in [0.1, 0.15) is 0 Å². The van der Waals surface area contributed by atoms with E-state index in [2.05, 4.69) is 15.7 Å². The number of urea groups is 1. The van der Waals surface area contributed by atoms with Gasteiger partial charge in [0.05, 0.1) is 18.8 Å². The van der Waals surface area contributed by atoms with Crippen molar-refractivity contribution in [3.63, 3.8) is 0 Å². The third-order valence-electron chi connectivity index (χ3n) is 4.71. The molecule has 1 aliphatic carbocycles. The normalized spacial score (nSPS) is 17.0. The molecule has 0 saturated heterocycles. The van der Waals surface area contributed by atoms with Crippen molar-refractivity contribution in [1.29, 1.82) is 0 Å². The number of aliphatic hydroxyl groups excluding tert-OH is 1. The van der Waals surface area contributed by atoms with E-state index >= 15 is 0 Å². The summed E-state index contributed by atoms with van der Waals surface area (Å²) in [6, 6.07) is 6.33. The van der Waals surface area contributed by atoms with E-state index in [1.54, 1.807) is 35.1 Å². The first-order valence-electron chi connectivity index (χ1n) is 7.95. The monoisotopic (exact) mass is 348 g/mol. The second-order valence-corrected chi connectivity index (χ2v) is 6.80. The Labute approximate surface area is 145 Å². The molecule has 7 heteroatoms. The summed E-state index contributed by atoms with van der Waals surface area (Å²) in [5, 5.41) is 20.5. The number of hydrogen-bond donors (Lipinski definition) is 3. The Kier molecular flexibility index (Phi) is 4.78. The molecule has 0 radical (unpaired) electrons. The van der Waals surface area contributed by atoms with Gasteiger partial charge in [0.25, 0.3) is 0 Å². The molecule has 1 fully saturated rings. The standard InChI is InChI=1S/C17H21ClN4O2/c1-22-10-12(9-19-22)15(17(11-23)7-2-8-17)21-16(24)20-14-5-3-13(18)4-6-14/h3-6,9-10,15,23H,2,7-8,11H2,1H3,(H2,20,21,24). The molecule has 0 bridgehead atoms. The first-order chi connectivity index (χ1) is 11.5. The summed E-state index contributed by atoms with van der Waals surface area (Å²) in [6.45, 7) is 0.0355. The minimum Gasteiger partial charge on any atom is -0.396 e. The van der Waals surface area contributed by atoms with Crippen LogP contribution in [0, 0.1) is 5.41 Å². The number of benzene rings is 1. The molecule has 1 aromatic carbocycles. The molecule has 128 valence electrons. The SMILES string of the molecule is Cn1cc(C(NC(=O)Nc2ccc(Cl)cc2)C2(CO)CCC2)cn1.